The Kier molecular flexibility index (Phi) is 32.5. The fourth-order valence-electron chi connectivity index (χ4n) is 5.17. The number of imidazole rings is 1. The topological polar surface area (TPSA) is 251 Å². The molecule has 5 aromatic rings. The van der Waals surface area contributed by atoms with E-state index in [2.05, 4.69) is 24.9 Å². The van der Waals surface area contributed by atoms with Gasteiger partial charge in [-0.25, -0.2) is 9.59 Å². The van der Waals surface area contributed by atoms with Crippen molar-refractivity contribution in [3.05, 3.63) is 105 Å². The number of carbonyl (C=O) groups excluding carboxylic acids is 1. The summed E-state index contributed by atoms with van der Waals surface area (Å²) in [5, 5.41) is 11.6. The molecular formula is C35H38K6N10O9. The molecule has 0 saturated heterocycles. The van der Waals surface area contributed by atoms with E-state index >= 15 is 0 Å². The number of benzene rings is 2. The van der Waals surface area contributed by atoms with E-state index in [1.54, 1.807) is 43.3 Å². The molecule has 5 N–H and O–H groups in total. The maximum atomic E-state index is 12.6. The summed E-state index contributed by atoms with van der Waals surface area (Å²) in [6, 6.07) is 14.5. The van der Waals surface area contributed by atoms with Crippen molar-refractivity contribution in [1.82, 2.24) is 29.5 Å². The Morgan fingerprint density at radius 3 is 1.83 bits per heavy atom. The summed E-state index contributed by atoms with van der Waals surface area (Å²) in [5.74, 6) is 0.754. The summed E-state index contributed by atoms with van der Waals surface area (Å²) in [6.45, 7) is 3.06. The average Bonchev–Trinajstić information content (AvgIpc) is 3.56. The van der Waals surface area contributed by atoms with Gasteiger partial charge >= 0.3 is 219 Å². The molecule has 8 bridgehead atoms. The number of hydrogen-bond donors (Lipinski definition) is 3. The van der Waals surface area contributed by atoms with Gasteiger partial charge in [-0.15, -0.1) is 0 Å². The van der Waals surface area contributed by atoms with Gasteiger partial charge in [0, 0.05) is 0 Å². The monoisotopic (exact) mass is 976 g/mol. The van der Waals surface area contributed by atoms with Gasteiger partial charge in [0.25, 0.3) is 0 Å². The molecule has 0 radical (unpaired) electrons. The first-order valence-electron chi connectivity index (χ1n) is 19.2. The number of fused-ring (bicyclic) bond motifs is 7. The third-order valence-corrected chi connectivity index (χ3v) is 7.55. The molecule has 5 heterocycles. The molecule has 0 spiro atoms. The van der Waals surface area contributed by atoms with Crippen LogP contribution in [0.5, 0.6) is 23.5 Å². The Morgan fingerprint density at radius 2 is 1.30 bits per heavy atom. The van der Waals surface area contributed by atoms with Crippen LogP contribution in [-0.4, -0.2) is 263 Å². The molecule has 1 amide bonds. The van der Waals surface area contributed by atoms with Crippen molar-refractivity contribution < 1.29 is 33.4 Å². The Balaban J connectivity index is 0.000000366. The van der Waals surface area contributed by atoms with Gasteiger partial charge in [-0.3, -0.25) is 19.6 Å². The molecule has 60 heavy (non-hydrogen) atoms. The fraction of sp³-hybridized carbons (Fsp3) is 0.257. The zero-order valence-corrected chi connectivity index (χ0v) is 53.1. The van der Waals surface area contributed by atoms with Crippen LogP contribution in [0.1, 0.15) is 25.5 Å². The van der Waals surface area contributed by atoms with E-state index in [-0.39, 0.29) is 63.1 Å². The Hall–Kier alpha value is 2.64. The summed E-state index contributed by atoms with van der Waals surface area (Å²) in [4.78, 5) is 55.8. The molecule has 25 heteroatoms. The van der Waals surface area contributed by atoms with Crippen molar-refractivity contribution in [3.8, 4) is 23.5 Å². The summed E-state index contributed by atoms with van der Waals surface area (Å²) in [7, 11) is 0. The molecule has 0 saturated carbocycles. The maximum absolute atomic E-state index is 12.6. The van der Waals surface area contributed by atoms with Gasteiger partial charge in [0.15, 0.2) is 11.5 Å². The van der Waals surface area contributed by atoms with E-state index in [0.717, 1.165) is 16.2 Å². The molecule has 288 valence electrons. The first kappa shape index (κ1) is 58.8. The predicted octanol–water partition coefficient (Wildman–Crippen LogP) is 1.89. The normalized spacial score (nSPS) is 13.7. The van der Waals surface area contributed by atoms with Gasteiger partial charge in [-0.2, -0.15) is 19.9 Å². The molecule has 0 fully saturated rings. The molecule has 2 aliphatic heterocycles. The van der Waals surface area contributed by atoms with Crippen LogP contribution >= 0.6 is 0 Å². The van der Waals surface area contributed by atoms with E-state index in [9.17, 15) is 19.7 Å². The molecule has 3 aromatic heterocycles. The zero-order valence-electron chi connectivity index (χ0n) is 34.3. The molecule has 2 aliphatic rings. The van der Waals surface area contributed by atoms with Gasteiger partial charge in [-0.1, -0.05) is 31.7 Å². The number of nitrogens with two attached hydrogens (primary N) is 2. The van der Waals surface area contributed by atoms with Crippen LogP contribution in [0.3, 0.4) is 0 Å². The summed E-state index contributed by atoms with van der Waals surface area (Å²) in [5.41, 5.74) is 13.2. The minimum absolute atomic E-state index is 0. The van der Waals surface area contributed by atoms with Crippen LogP contribution < -0.4 is 41.0 Å². The van der Waals surface area contributed by atoms with Gasteiger partial charge in [0.05, 0.1) is 24.6 Å². The minimum atomic E-state index is -0.821. The molecule has 7 rings (SSSR count). The van der Waals surface area contributed by atoms with Crippen LogP contribution in [0, 0.1) is 10.1 Å². The summed E-state index contributed by atoms with van der Waals surface area (Å²) < 4.78 is 28.7. The number of ether oxygens (including phenoxy) is 5. The van der Waals surface area contributed by atoms with Crippen molar-refractivity contribution in [2.75, 3.05) is 49.4 Å². The molecule has 2 aromatic carbocycles. The van der Waals surface area contributed by atoms with Gasteiger partial charge < -0.3 is 40.1 Å². The zero-order chi connectivity index (χ0) is 43.3. The average molecular weight is 977 g/mol. The predicted molar refractivity (Wildman–Crippen MR) is 232 cm³/mol. The van der Waals surface area contributed by atoms with Crippen LogP contribution in [0.25, 0.3) is 11.2 Å². The van der Waals surface area contributed by atoms with Crippen LogP contribution in [0.2, 0.25) is 0 Å². The van der Waals surface area contributed by atoms with Crippen molar-refractivity contribution in [3.63, 3.8) is 0 Å². The van der Waals surface area contributed by atoms with Gasteiger partial charge in [-0.05, 0) is 66.6 Å². The second-order valence-corrected chi connectivity index (χ2v) is 11.2. The fourth-order valence-corrected chi connectivity index (χ4v) is 5.17. The van der Waals surface area contributed by atoms with Crippen molar-refractivity contribution in [2.24, 2.45) is 0 Å². The number of rotatable bonds is 2. The molecule has 0 unspecified atom stereocenters. The first-order valence-corrected chi connectivity index (χ1v) is 67.2. The first-order chi connectivity index (χ1) is 28.7. The van der Waals surface area contributed by atoms with Crippen molar-refractivity contribution in [2.45, 2.75) is 27.4 Å². The SMILES string of the molecule is C.CCOC(=O)N1Cc2cccc(c2)OC/C=C\COc2nc(N)c([N+](=O)[O-])c1n2.Nc1nc2nc3c1[nH]c(=O)n3Cc1cccc(c1)OC/C=C\CO2.[K][K].[K][K].[K][K]. The number of nitro groups is 1. The van der Waals surface area contributed by atoms with Gasteiger partial charge in [0.1, 0.15) is 43.4 Å². The van der Waals surface area contributed by atoms with Gasteiger partial charge in [0.2, 0.25) is 11.6 Å². The second kappa shape index (κ2) is 33.2. The van der Waals surface area contributed by atoms with Crippen molar-refractivity contribution >= 4 is 230 Å². The van der Waals surface area contributed by atoms with E-state index < -0.39 is 22.5 Å². The number of H-pyrrole nitrogens is 1. The number of aromatic amines is 1. The molecule has 0 atom stereocenters. The van der Waals surface area contributed by atoms with Crippen LogP contribution in [0.4, 0.5) is 27.9 Å². The third-order valence-electron chi connectivity index (χ3n) is 7.55. The van der Waals surface area contributed by atoms with Crippen molar-refractivity contribution in [1.29, 1.82) is 0 Å². The van der Waals surface area contributed by atoms with Crippen LogP contribution in [-0.2, 0) is 17.8 Å². The quantitative estimate of drug-likeness (QED) is 0.0989. The molecule has 19 nitrogen and oxygen atoms in total. The standard InChI is InChI=1S/C18H19N5O6.C16H15N5O3.CH4.6K/c1-2-27-18(24)22-11-12-6-5-7-13(10-12)28-8-3-4-9-29-17-20-15(19)14(23(25)26)16(22)21-17;17-13-12-14-20-15(19-13)24-7-2-1-6-23-11-5-3-4-10(8-11)9-21(14)16(22)18-12;;;;;;;/h3-7,10H,2,8-9,11H2,1H3,(H2,19,20,21);1-5,8H,6-7,9H2,(H,18,22)(H2,17,19,20);1H4;;;;;;/b4-3-;2-1-;;;;;;;. The molecule has 0 aliphatic carbocycles. The number of nitrogens with one attached hydrogen (secondary N) is 1. The molecular weight excluding hydrogens is 939 g/mol. The number of amides is 1. The Bertz CT molecular complexity index is 2280. The summed E-state index contributed by atoms with van der Waals surface area (Å²) in [6.07, 6.45) is 6.27. The van der Waals surface area contributed by atoms with Crippen LogP contribution in [0.15, 0.2) is 77.6 Å². The number of nitrogens with zero attached hydrogens (tertiary/aromatic N) is 7. The number of carbonyl (C=O) groups is 1. The number of nitrogen functional groups attached to an aromatic ring is 2. The number of aromatic nitrogens is 6. The second-order valence-electron chi connectivity index (χ2n) is 11.2. The number of hydrogen-bond acceptors (Lipinski definition) is 15. The third kappa shape index (κ3) is 18.6. The van der Waals surface area contributed by atoms with E-state index in [1.165, 1.54) is 194 Å². The Morgan fingerprint density at radius 1 is 0.800 bits per heavy atom. The van der Waals surface area contributed by atoms with E-state index in [4.69, 9.17) is 35.2 Å². The Labute approximate surface area is 482 Å². The van der Waals surface area contributed by atoms with E-state index in [1.807, 2.05) is 36.4 Å². The number of anilines is 3. The summed E-state index contributed by atoms with van der Waals surface area (Å²) >= 11 is 7.50. The van der Waals surface area contributed by atoms with E-state index in [0.29, 0.717) is 42.2 Å².